The molecule has 0 saturated heterocycles. The molecule has 0 atom stereocenters. The lowest BCUT2D eigenvalue weighted by Gasteiger charge is -1.76. The highest BCUT2D eigenvalue weighted by Crippen LogP contribution is 1.97. The maximum Gasteiger partial charge on any atom is 0.132 e. The van der Waals surface area contributed by atoms with E-state index in [4.69, 9.17) is 23.2 Å². The number of allylic oxidation sites excluding steroid dienone is 1. The van der Waals surface area contributed by atoms with Gasteiger partial charge < -0.3 is 0 Å². The van der Waals surface area contributed by atoms with Gasteiger partial charge in [0.05, 0.1) is 0 Å². The molecule has 0 nitrogen and oxygen atoms in total. The zero-order valence-electron chi connectivity index (χ0n) is 2.54. The lowest BCUT2D eigenvalue weighted by Crippen LogP contribution is -1.70. The Morgan fingerprint density at radius 2 is 1.80 bits per heavy atom. The van der Waals surface area contributed by atoms with Crippen molar-refractivity contribution >= 4 is 23.2 Å². The summed E-state index contributed by atoms with van der Waals surface area (Å²) in [4.78, 5) is -0.532. The number of rotatable bonds is 1. The minimum absolute atomic E-state index is 0.532. The van der Waals surface area contributed by atoms with Crippen LogP contribution >= 0.6 is 23.2 Å². The zero-order chi connectivity index (χ0) is 4.28. The third-order valence-corrected chi connectivity index (χ3v) is 0.463. The molecule has 0 saturated carbocycles. The summed E-state index contributed by atoms with van der Waals surface area (Å²) >= 11 is 10.1. The average Bonchev–Trinajstić information content (AvgIpc) is 1.38. The molecule has 29 valence electrons. The molecule has 1 radical (unpaired) electrons. The third kappa shape index (κ3) is 4.32. The summed E-state index contributed by atoms with van der Waals surface area (Å²) in [6, 6.07) is 0. The Morgan fingerprint density at radius 1 is 1.60 bits per heavy atom. The van der Waals surface area contributed by atoms with Gasteiger partial charge in [-0.1, -0.05) is 6.58 Å². The molecule has 0 heterocycles. The lowest BCUT2D eigenvalue weighted by molar-refractivity contribution is 1.56. The normalized spacial score (nSPS) is 8.60. The Kier molecular flexibility index (Phi) is 2.71. The van der Waals surface area contributed by atoms with Crippen LogP contribution in [0.3, 0.4) is 0 Å². The Balaban J connectivity index is 2.83. The molecular formula is C3H3Cl2. The first kappa shape index (κ1) is 5.32. The van der Waals surface area contributed by atoms with Gasteiger partial charge in [0.15, 0.2) is 0 Å². The second-order valence-corrected chi connectivity index (χ2v) is 1.60. The first-order valence-corrected chi connectivity index (χ1v) is 1.95. The van der Waals surface area contributed by atoms with Crippen LogP contribution in [0.2, 0.25) is 0 Å². The van der Waals surface area contributed by atoms with Crippen LogP contribution in [-0.4, -0.2) is 4.84 Å². The molecule has 0 bridgehead atoms. The first-order valence-electron chi connectivity index (χ1n) is 1.08. The van der Waals surface area contributed by atoms with Crippen molar-refractivity contribution < 1.29 is 0 Å². The second kappa shape index (κ2) is 2.55. The van der Waals surface area contributed by atoms with Crippen LogP contribution in [0, 0.1) is 6.08 Å². The van der Waals surface area contributed by atoms with E-state index in [9.17, 15) is 0 Å². The summed E-state index contributed by atoms with van der Waals surface area (Å²) in [6.07, 6.45) is 2.31. The zero-order valence-corrected chi connectivity index (χ0v) is 4.05. The second-order valence-electron chi connectivity index (χ2n) is 0.505. The number of alkyl halides is 2. The Morgan fingerprint density at radius 3 is 1.80 bits per heavy atom. The fourth-order valence-electron chi connectivity index (χ4n) is 0. The van der Waals surface area contributed by atoms with Gasteiger partial charge in [0.1, 0.15) is 4.84 Å². The van der Waals surface area contributed by atoms with Crippen molar-refractivity contribution in [1.29, 1.82) is 0 Å². The maximum absolute atomic E-state index is 5.05. The first-order chi connectivity index (χ1) is 2.27. The van der Waals surface area contributed by atoms with Crippen molar-refractivity contribution in [1.82, 2.24) is 0 Å². The summed E-state index contributed by atoms with van der Waals surface area (Å²) < 4.78 is 0. The molecule has 0 aromatic carbocycles. The molecule has 2 heteroatoms. The van der Waals surface area contributed by atoms with Gasteiger partial charge in [0.25, 0.3) is 0 Å². The summed E-state index contributed by atoms with van der Waals surface area (Å²) in [5.74, 6) is 0. The van der Waals surface area contributed by atoms with E-state index in [-0.39, 0.29) is 0 Å². The van der Waals surface area contributed by atoms with Crippen LogP contribution in [0.1, 0.15) is 0 Å². The number of hydrogen-bond acceptors (Lipinski definition) is 0. The van der Waals surface area contributed by atoms with Crippen LogP contribution in [0.15, 0.2) is 6.58 Å². The van der Waals surface area contributed by atoms with Crippen LogP contribution in [0.5, 0.6) is 0 Å². The molecule has 0 amide bonds. The highest BCUT2D eigenvalue weighted by atomic mass is 35.5. The fourth-order valence-corrected chi connectivity index (χ4v) is 0. The molecular weight excluding hydrogens is 107 g/mol. The largest absolute Gasteiger partial charge is 0.132 e. The predicted molar refractivity (Wildman–Crippen MR) is 24.4 cm³/mol. The highest BCUT2D eigenvalue weighted by molar-refractivity contribution is 6.45. The van der Waals surface area contributed by atoms with Gasteiger partial charge in [-0.2, -0.15) is 0 Å². The topological polar surface area (TPSA) is 0 Å². The number of hydrogen-bond donors (Lipinski definition) is 0. The molecule has 0 unspecified atom stereocenters. The Bertz CT molecular complexity index is 31.9. The SMILES string of the molecule is C=[C]C(Cl)Cl. The van der Waals surface area contributed by atoms with Crippen LogP contribution in [0.4, 0.5) is 0 Å². The molecule has 0 fully saturated rings. The summed E-state index contributed by atoms with van der Waals surface area (Å²) in [6.45, 7) is 3.17. The van der Waals surface area contributed by atoms with Gasteiger partial charge in [-0.3, -0.25) is 0 Å². The van der Waals surface area contributed by atoms with E-state index < -0.39 is 4.84 Å². The minimum Gasteiger partial charge on any atom is -0.100 e. The molecule has 0 aromatic heterocycles. The molecule has 5 heavy (non-hydrogen) atoms. The molecule has 0 rings (SSSR count). The van der Waals surface area contributed by atoms with E-state index in [0.717, 1.165) is 0 Å². The van der Waals surface area contributed by atoms with Gasteiger partial charge >= 0.3 is 0 Å². The smallest absolute Gasteiger partial charge is 0.100 e. The predicted octanol–water partition coefficient (Wildman–Crippen LogP) is 1.78. The standard InChI is InChI=1S/C3H3Cl2/c1-2-3(4)5/h3H,1H2. The molecule has 0 spiro atoms. The van der Waals surface area contributed by atoms with E-state index in [1.165, 1.54) is 0 Å². The van der Waals surface area contributed by atoms with E-state index in [1.54, 1.807) is 0 Å². The van der Waals surface area contributed by atoms with Crippen molar-refractivity contribution in [3.05, 3.63) is 12.7 Å². The Labute approximate surface area is 41.4 Å². The highest BCUT2D eigenvalue weighted by Gasteiger charge is 1.82. The fraction of sp³-hybridized carbons (Fsp3) is 0.333. The van der Waals surface area contributed by atoms with Crippen molar-refractivity contribution in [2.45, 2.75) is 4.84 Å². The van der Waals surface area contributed by atoms with Crippen LogP contribution in [0.25, 0.3) is 0 Å². The average molecular weight is 110 g/mol. The molecule has 0 aliphatic rings. The van der Waals surface area contributed by atoms with E-state index >= 15 is 0 Å². The van der Waals surface area contributed by atoms with Gasteiger partial charge in [0.2, 0.25) is 0 Å². The van der Waals surface area contributed by atoms with Gasteiger partial charge in [-0.25, -0.2) is 0 Å². The van der Waals surface area contributed by atoms with Gasteiger partial charge in [-0.15, -0.1) is 23.2 Å². The van der Waals surface area contributed by atoms with Crippen molar-refractivity contribution in [3.63, 3.8) is 0 Å². The molecule has 0 N–H and O–H groups in total. The maximum atomic E-state index is 5.05. The summed E-state index contributed by atoms with van der Waals surface area (Å²) in [5.41, 5.74) is 0. The third-order valence-electron chi connectivity index (χ3n) is 0.154. The van der Waals surface area contributed by atoms with Crippen molar-refractivity contribution in [2.75, 3.05) is 0 Å². The summed E-state index contributed by atoms with van der Waals surface area (Å²) in [7, 11) is 0. The summed E-state index contributed by atoms with van der Waals surface area (Å²) in [5, 5.41) is 0. The van der Waals surface area contributed by atoms with E-state index in [1.807, 2.05) is 0 Å². The number of halogens is 2. The van der Waals surface area contributed by atoms with E-state index in [2.05, 4.69) is 12.7 Å². The van der Waals surface area contributed by atoms with Gasteiger partial charge in [-0.05, 0) is 6.08 Å². The Hall–Kier alpha value is 0.320. The van der Waals surface area contributed by atoms with Gasteiger partial charge in [0, 0.05) is 0 Å². The molecule has 0 aliphatic carbocycles. The minimum atomic E-state index is -0.532. The molecule has 0 aromatic rings. The van der Waals surface area contributed by atoms with Crippen molar-refractivity contribution in [2.24, 2.45) is 0 Å². The quantitative estimate of drug-likeness (QED) is 0.451. The van der Waals surface area contributed by atoms with Crippen LogP contribution in [-0.2, 0) is 0 Å². The van der Waals surface area contributed by atoms with E-state index in [0.29, 0.717) is 0 Å². The lowest BCUT2D eigenvalue weighted by atomic mass is 10.8. The van der Waals surface area contributed by atoms with Crippen LogP contribution < -0.4 is 0 Å². The molecule has 0 aliphatic heterocycles. The van der Waals surface area contributed by atoms with Crippen molar-refractivity contribution in [3.8, 4) is 0 Å². The monoisotopic (exact) mass is 109 g/mol.